The van der Waals surface area contributed by atoms with Crippen molar-refractivity contribution in [1.82, 2.24) is 9.78 Å². The molecule has 0 spiro atoms. The molecule has 4 bridgehead atoms. The Morgan fingerprint density at radius 3 is 2.43 bits per heavy atom. The van der Waals surface area contributed by atoms with Crippen LogP contribution in [0.25, 0.3) is 0 Å². The molecule has 1 aromatic heterocycles. The summed E-state index contributed by atoms with van der Waals surface area (Å²) >= 11 is 6.44. The van der Waals surface area contributed by atoms with Crippen LogP contribution in [0.3, 0.4) is 0 Å². The number of aromatic carboxylic acids is 1. The molecule has 4 aliphatic carbocycles. The molecule has 4 saturated carbocycles. The summed E-state index contributed by atoms with van der Waals surface area (Å²) in [6, 6.07) is 6.39. The van der Waals surface area contributed by atoms with E-state index in [1.54, 1.807) is 23.0 Å². The molecule has 6 rings (SSSR count). The molecule has 0 radical (unpaired) electrons. The monoisotopic (exact) mass is 399 g/mol. The van der Waals surface area contributed by atoms with Gasteiger partial charge in [-0.25, -0.2) is 9.48 Å². The van der Waals surface area contributed by atoms with Crippen molar-refractivity contribution in [3.05, 3.63) is 51.4 Å². The predicted octanol–water partition coefficient (Wildman–Crippen LogP) is 4.26. The van der Waals surface area contributed by atoms with Crippen molar-refractivity contribution in [1.29, 1.82) is 0 Å². The molecule has 4 fully saturated rings. The van der Waals surface area contributed by atoms with Gasteiger partial charge in [0.05, 0.1) is 23.0 Å². The molecule has 2 aromatic rings. The van der Waals surface area contributed by atoms with Crippen molar-refractivity contribution in [3.63, 3.8) is 0 Å². The summed E-state index contributed by atoms with van der Waals surface area (Å²) in [6.45, 7) is 0. The van der Waals surface area contributed by atoms with E-state index >= 15 is 0 Å². The molecule has 1 heterocycles. The zero-order valence-corrected chi connectivity index (χ0v) is 16.2. The average Bonchev–Trinajstić information content (AvgIpc) is 2.64. The number of nitrogens with zero attached hydrogens (tertiary/aromatic N) is 2. The summed E-state index contributed by atoms with van der Waals surface area (Å²) in [7, 11) is 0. The van der Waals surface area contributed by atoms with E-state index in [1.165, 1.54) is 31.4 Å². The molecule has 4 aliphatic rings. The Bertz CT molecular complexity index is 981. The van der Waals surface area contributed by atoms with Crippen molar-refractivity contribution in [2.75, 3.05) is 5.32 Å². The van der Waals surface area contributed by atoms with Crippen LogP contribution in [0.4, 0.5) is 11.4 Å². The van der Waals surface area contributed by atoms with Gasteiger partial charge in [-0.3, -0.25) is 4.79 Å². The minimum Gasteiger partial charge on any atom is -0.478 e. The molecule has 28 heavy (non-hydrogen) atoms. The van der Waals surface area contributed by atoms with Gasteiger partial charge in [-0.1, -0.05) is 17.7 Å². The highest BCUT2D eigenvalue weighted by molar-refractivity contribution is 6.33. The van der Waals surface area contributed by atoms with Crippen molar-refractivity contribution in [3.8, 4) is 0 Å². The summed E-state index contributed by atoms with van der Waals surface area (Å²) in [5.41, 5.74) is 0.668. The van der Waals surface area contributed by atoms with Gasteiger partial charge in [0.25, 0.3) is 5.56 Å². The van der Waals surface area contributed by atoms with Crippen LogP contribution in [0.2, 0.25) is 5.02 Å². The van der Waals surface area contributed by atoms with Gasteiger partial charge in [0.2, 0.25) is 0 Å². The van der Waals surface area contributed by atoms with Crippen LogP contribution in [0, 0.1) is 17.8 Å². The van der Waals surface area contributed by atoms with E-state index in [-0.39, 0.29) is 21.7 Å². The Morgan fingerprint density at radius 1 is 1.18 bits per heavy atom. The van der Waals surface area contributed by atoms with Crippen molar-refractivity contribution in [2.45, 2.75) is 44.1 Å². The van der Waals surface area contributed by atoms with Crippen LogP contribution >= 0.6 is 11.6 Å². The van der Waals surface area contributed by atoms with Gasteiger partial charge in [-0.15, -0.1) is 0 Å². The number of carboxylic acid groups (broad SMARTS) is 1. The molecule has 6 nitrogen and oxygen atoms in total. The van der Waals surface area contributed by atoms with Gasteiger partial charge in [0.1, 0.15) is 5.02 Å². The Balaban J connectivity index is 1.48. The van der Waals surface area contributed by atoms with E-state index in [0.717, 1.165) is 19.3 Å². The summed E-state index contributed by atoms with van der Waals surface area (Å²) in [5.74, 6) is 1.10. The number of anilines is 2. The third kappa shape index (κ3) is 2.82. The fourth-order valence-electron chi connectivity index (χ4n) is 6.07. The van der Waals surface area contributed by atoms with Crippen LogP contribution in [0.1, 0.15) is 48.9 Å². The second-order valence-electron chi connectivity index (χ2n) is 8.74. The fourth-order valence-corrected chi connectivity index (χ4v) is 6.24. The number of aromatic nitrogens is 2. The quantitative estimate of drug-likeness (QED) is 0.802. The summed E-state index contributed by atoms with van der Waals surface area (Å²) < 4.78 is 1.65. The lowest BCUT2D eigenvalue weighted by molar-refractivity contribution is -0.0518. The molecule has 0 unspecified atom stereocenters. The number of carboxylic acids is 1. The van der Waals surface area contributed by atoms with E-state index in [9.17, 15) is 9.59 Å². The first-order valence-corrected chi connectivity index (χ1v) is 10.2. The van der Waals surface area contributed by atoms with Gasteiger partial charge in [0.15, 0.2) is 0 Å². The SMILES string of the molecule is O=C(O)c1cccc(Nc2cnn(C34CC5CC(CC(C5)C3)C4)c(=O)c2Cl)c1. The highest BCUT2D eigenvalue weighted by atomic mass is 35.5. The maximum atomic E-state index is 13.1. The number of carbonyl (C=O) groups is 1. The lowest BCUT2D eigenvalue weighted by atomic mass is 9.53. The zero-order chi connectivity index (χ0) is 19.5. The van der Waals surface area contributed by atoms with E-state index < -0.39 is 5.97 Å². The van der Waals surface area contributed by atoms with Gasteiger partial charge in [-0.2, -0.15) is 5.10 Å². The molecular weight excluding hydrogens is 378 g/mol. The predicted molar refractivity (Wildman–Crippen MR) is 106 cm³/mol. The van der Waals surface area contributed by atoms with Gasteiger partial charge in [0, 0.05) is 5.69 Å². The number of nitrogens with one attached hydrogen (secondary N) is 1. The third-order valence-corrected chi connectivity index (χ3v) is 7.13. The van der Waals surface area contributed by atoms with Crippen molar-refractivity contribution >= 4 is 28.9 Å². The molecule has 0 amide bonds. The minimum absolute atomic E-state index is 0.103. The largest absolute Gasteiger partial charge is 0.478 e. The first-order valence-electron chi connectivity index (χ1n) is 9.82. The average molecular weight is 400 g/mol. The lowest BCUT2D eigenvalue weighted by Crippen LogP contribution is -2.55. The third-order valence-electron chi connectivity index (χ3n) is 6.76. The summed E-state index contributed by atoms with van der Waals surface area (Å²) in [6.07, 6.45) is 8.54. The maximum Gasteiger partial charge on any atom is 0.335 e. The van der Waals surface area contributed by atoms with Crippen LogP contribution in [-0.2, 0) is 5.54 Å². The second-order valence-corrected chi connectivity index (χ2v) is 9.12. The molecule has 1 aromatic carbocycles. The molecule has 0 saturated heterocycles. The van der Waals surface area contributed by atoms with Crippen LogP contribution < -0.4 is 10.9 Å². The minimum atomic E-state index is -1.01. The number of benzene rings is 1. The molecule has 2 N–H and O–H groups in total. The molecule has 0 aliphatic heterocycles. The second kappa shape index (κ2) is 6.34. The Labute approximate surface area is 167 Å². The number of hydrogen-bond acceptors (Lipinski definition) is 4. The van der Waals surface area contributed by atoms with Crippen LogP contribution in [0.5, 0.6) is 0 Å². The van der Waals surface area contributed by atoms with E-state index in [1.807, 2.05) is 0 Å². The van der Waals surface area contributed by atoms with E-state index in [0.29, 0.717) is 29.1 Å². The highest BCUT2D eigenvalue weighted by Gasteiger charge is 2.53. The first-order chi connectivity index (χ1) is 13.4. The highest BCUT2D eigenvalue weighted by Crippen LogP contribution is 2.58. The first kappa shape index (κ1) is 17.7. The van der Waals surface area contributed by atoms with Crippen LogP contribution in [-0.4, -0.2) is 20.9 Å². The number of hydrogen-bond donors (Lipinski definition) is 2. The molecule has 0 atom stereocenters. The van der Waals surface area contributed by atoms with E-state index in [4.69, 9.17) is 16.7 Å². The van der Waals surface area contributed by atoms with Gasteiger partial charge >= 0.3 is 5.97 Å². The normalized spacial score (nSPS) is 30.4. The summed E-state index contributed by atoms with van der Waals surface area (Å²) in [5, 5.41) is 16.8. The number of rotatable bonds is 4. The molecular formula is C21H22ClN3O3. The Morgan fingerprint density at radius 2 is 1.82 bits per heavy atom. The standard InChI is InChI=1S/C21H22ClN3O3/c22-18-17(24-16-3-1-2-15(7-16)20(27)28)11-23-25(19(18)26)21-8-12-4-13(9-21)6-14(5-12)10-21/h1-3,7,11-14,24H,4-6,8-10H2,(H,27,28). The zero-order valence-electron chi connectivity index (χ0n) is 15.4. The van der Waals surface area contributed by atoms with Crippen molar-refractivity contribution in [2.24, 2.45) is 17.8 Å². The van der Waals surface area contributed by atoms with E-state index in [2.05, 4.69) is 10.4 Å². The molecule has 7 heteroatoms. The lowest BCUT2D eigenvalue weighted by Gasteiger charge is -2.56. The Hall–Kier alpha value is -2.34. The van der Waals surface area contributed by atoms with Crippen molar-refractivity contribution < 1.29 is 9.90 Å². The number of halogens is 1. The van der Waals surface area contributed by atoms with Gasteiger partial charge in [-0.05, 0) is 74.5 Å². The smallest absolute Gasteiger partial charge is 0.335 e. The Kier molecular flexibility index (Phi) is 4.02. The van der Waals surface area contributed by atoms with Gasteiger partial charge < -0.3 is 10.4 Å². The molecule has 146 valence electrons. The summed E-state index contributed by atoms with van der Waals surface area (Å²) in [4.78, 5) is 24.3. The fraction of sp³-hybridized carbons (Fsp3) is 0.476. The topological polar surface area (TPSA) is 84.2 Å². The van der Waals surface area contributed by atoms with Crippen LogP contribution in [0.15, 0.2) is 35.3 Å². The maximum absolute atomic E-state index is 13.1.